The van der Waals surface area contributed by atoms with E-state index >= 15 is 0 Å². The van der Waals surface area contributed by atoms with E-state index in [0.29, 0.717) is 19.0 Å². The molecule has 1 aromatic rings. The number of nitrogens with zero attached hydrogens (tertiary/aromatic N) is 1. The molecule has 4 heteroatoms. The van der Waals surface area contributed by atoms with Gasteiger partial charge in [0.2, 0.25) is 0 Å². The van der Waals surface area contributed by atoms with E-state index in [4.69, 9.17) is 5.73 Å². The van der Waals surface area contributed by atoms with Crippen LogP contribution in [-0.4, -0.2) is 29.6 Å². The highest BCUT2D eigenvalue weighted by Gasteiger charge is 2.51. The minimum Gasteiger partial charge on any atom is -0.322 e. The molecule has 17 heavy (non-hydrogen) atoms. The number of carbonyl (C=O) groups is 1. The quantitative estimate of drug-likeness (QED) is 0.813. The number of rotatable bonds is 2. The lowest BCUT2D eigenvalue weighted by molar-refractivity contribution is 0.0895. The first-order valence-electron chi connectivity index (χ1n) is 6.07. The Bertz CT molecular complexity index is 422. The van der Waals surface area contributed by atoms with E-state index in [-0.39, 0.29) is 11.6 Å². The van der Waals surface area contributed by atoms with Gasteiger partial charge in [-0.3, -0.25) is 0 Å². The molecule has 1 aliphatic heterocycles. The Hall–Kier alpha value is -1.55. The van der Waals surface area contributed by atoms with Crippen molar-refractivity contribution in [3.8, 4) is 0 Å². The highest BCUT2D eigenvalue weighted by Crippen LogP contribution is 2.42. The van der Waals surface area contributed by atoms with E-state index < -0.39 is 0 Å². The second kappa shape index (κ2) is 3.74. The van der Waals surface area contributed by atoms with Crippen molar-refractivity contribution in [3.05, 3.63) is 30.3 Å². The zero-order valence-corrected chi connectivity index (χ0v) is 9.73. The maximum absolute atomic E-state index is 11.9. The van der Waals surface area contributed by atoms with Crippen molar-refractivity contribution in [3.63, 3.8) is 0 Å². The van der Waals surface area contributed by atoms with Gasteiger partial charge in [-0.05, 0) is 30.9 Å². The maximum Gasteiger partial charge on any atom is 0.321 e. The number of nitrogens with two attached hydrogens (primary N) is 1. The molecule has 0 radical (unpaired) electrons. The van der Waals surface area contributed by atoms with Gasteiger partial charge in [0.15, 0.2) is 0 Å². The number of para-hydroxylation sites is 1. The predicted molar refractivity (Wildman–Crippen MR) is 66.7 cm³/mol. The smallest absolute Gasteiger partial charge is 0.321 e. The van der Waals surface area contributed by atoms with Crippen molar-refractivity contribution in [2.45, 2.75) is 18.4 Å². The lowest BCUT2D eigenvalue weighted by Crippen LogP contribution is -2.70. The monoisotopic (exact) mass is 231 g/mol. The van der Waals surface area contributed by atoms with Crippen LogP contribution >= 0.6 is 0 Å². The summed E-state index contributed by atoms with van der Waals surface area (Å²) in [6.07, 6.45) is 2.45. The fraction of sp³-hybridized carbons (Fsp3) is 0.462. The van der Waals surface area contributed by atoms with Crippen LogP contribution in [0.2, 0.25) is 0 Å². The Balaban J connectivity index is 1.55. The van der Waals surface area contributed by atoms with Crippen LogP contribution in [0.3, 0.4) is 0 Å². The second-order valence-corrected chi connectivity index (χ2v) is 5.16. The SMILES string of the molecule is NC1(C2CC2)CN(C(=O)Nc2ccccc2)C1. The Morgan fingerprint density at radius 2 is 1.94 bits per heavy atom. The number of likely N-dealkylation sites (tertiary alicyclic amines) is 1. The molecule has 4 nitrogen and oxygen atoms in total. The summed E-state index contributed by atoms with van der Waals surface area (Å²) < 4.78 is 0. The molecule has 0 atom stereocenters. The predicted octanol–water partition coefficient (Wildman–Crippen LogP) is 1.64. The molecule has 1 saturated carbocycles. The van der Waals surface area contributed by atoms with Gasteiger partial charge < -0.3 is 16.0 Å². The zero-order valence-electron chi connectivity index (χ0n) is 9.73. The maximum atomic E-state index is 11.9. The van der Waals surface area contributed by atoms with Crippen LogP contribution in [0.1, 0.15) is 12.8 Å². The van der Waals surface area contributed by atoms with Crippen LogP contribution in [0.5, 0.6) is 0 Å². The third kappa shape index (κ3) is 2.00. The molecule has 2 aliphatic rings. The summed E-state index contributed by atoms with van der Waals surface area (Å²) in [4.78, 5) is 13.7. The van der Waals surface area contributed by atoms with E-state index in [1.807, 2.05) is 30.3 Å². The fourth-order valence-electron chi connectivity index (χ4n) is 2.45. The Morgan fingerprint density at radius 1 is 1.29 bits per heavy atom. The van der Waals surface area contributed by atoms with Crippen LogP contribution in [0.25, 0.3) is 0 Å². The molecule has 1 saturated heterocycles. The summed E-state index contributed by atoms with van der Waals surface area (Å²) in [5.74, 6) is 0.642. The number of hydrogen-bond donors (Lipinski definition) is 2. The van der Waals surface area contributed by atoms with Gasteiger partial charge in [-0.2, -0.15) is 0 Å². The average Bonchev–Trinajstić information content (AvgIpc) is 3.10. The second-order valence-electron chi connectivity index (χ2n) is 5.16. The third-order valence-corrected chi connectivity index (χ3v) is 3.67. The molecule has 1 heterocycles. The summed E-state index contributed by atoms with van der Waals surface area (Å²) in [6, 6.07) is 9.46. The molecule has 0 aromatic heterocycles. The molecule has 90 valence electrons. The Kier molecular flexibility index (Phi) is 2.33. The van der Waals surface area contributed by atoms with Crippen LogP contribution < -0.4 is 11.1 Å². The van der Waals surface area contributed by atoms with Crippen molar-refractivity contribution in [2.24, 2.45) is 11.7 Å². The summed E-state index contributed by atoms with van der Waals surface area (Å²) in [6.45, 7) is 1.38. The number of benzene rings is 1. The zero-order chi connectivity index (χ0) is 11.9. The van der Waals surface area contributed by atoms with Crippen molar-refractivity contribution < 1.29 is 4.79 Å². The van der Waals surface area contributed by atoms with Gasteiger partial charge in [0.05, 0.1) is 5.54 Å². The fourth-order valence-corrected chi connectivity index (χ4v) is 2.45. The molecule has 3 N–H and O–H groups in total. The first-order chi connectivity index (χ1) is 8.17. The van der Waals surface area contributed by atoms with Gasteiger partial charge in [-0.25, -0.2) is 4.79 Å². The highest BCUT2D eigenvalue weighted by atomic mass is 16.2. The van der Waals surface area contributed by atoms with Gasteiger partial charge in [-0.1, -0.05) is 18.2 Å². The lowest BCUT2D eigenvalue weighted by Gasteiger charge is -2.48. The molecule has 2 fully saturated rings. The van der Waals surface area contributed by atoms with Crippen molar-refractivity contribution in [1.29, 1.82) is 0 Å². The topological polar surface area (TPSA) is 58.4 Å². The van der Waals surface area contributed by atoms with Gasteiger partial charge in [0.25, 0.3) is 0 Å². The van der Waals surface area contributed by atoms with Crippen LogP contribution in [-0.2, 0) is 0 Å². The highest BCUT2D eigenvalue weighted by molar-refractivity contribution is 5.90. The third-order valence-electron chi connectivity index (χ3n) is 3.67. The van der Waals surface area contributed by atoms with Gasteiger partial charge in [0.1, 0.15) is 0 Å². The number of amides is 2. The Morgan fingerprint density at radius 3 is 2.53 bits per heavy atom. The van der Waals surface area contributed by atoms with Gasteiger partial charge >= 0.3 is 6.03 Å². The number of nitrogens with one attached hydrogen (secondary N) is 1. The van der Waals surface area contributed by atoms with Crippen LogP contribution in [0, 0.1) is 5.92 Å². The molecule has 0 unspecified atom stereocenters. The summed E-state index contributed by atoms with van der Waals surface area (Å²) in [5, 5.41) is 2.87. The number of carbonyl (C=O) groups excluding carboxylic acids is 1. The standard InChI is InChI=1S/C13H17N3O/c14-13(10-6-7-10)8-16(9-13)12(17)15-11-4-2-1-3-5-11/h1-5,10H,6-9,14H2,(H,15,17). The number of urea groups is 1. The van der Waals surface area contributed by atoms with E-state index in [1.54, 1.807) is 4.90 Å². The van der Waals surface area contributed by atoms with Gasteiger partial charge in [0, 0.05) is 18.8 Å². The molecule has 0 bridgehead atoms. The summed E-state index contributed by atoms with van der Waals surface area (Å²) in [7, 11) is 0. The molecule has 1 aliphatic carbocycles. The number of hydrogen-bond acceptors (Lipinski definition) is 2. The van der Waals surface area contributed by atoms with Crippen LogP contribution in [0.15, 0.2) is 30.3 Å². The largest absolute Gasteiger partial charge is 0.322 e. The first-order valence-corrected chi connectivity index (χ1v) is 6.07. The first kappa shape index (κ1) is 10.6. The molecule has 0 spiro atoms. The molecule has 1 aromatic carbocycles. The molecular weight excluding hydrogens is 214 g/mol. The molecule has 3 rings (SSSR count). The Labute approximate surface area is 101 Å². The molecular formula is C13H17N3O. The van der Waals surface area contributed by atoms with Crippen molar-refractivity contribution in [1.82, 2.24) is 4.90 Å². The summed E-state index contributed by atoms with van der Waals surface area (Å²) >= 11 is 0. The lowest BCUT2D eigenvalue weighted by atomic mass is 9.86. The van der Waals surface area contributed by atoms with Crippen molar-refractivity contribution >= 4 is 11.7 Å². The minimum absolute atomic E-state index is 0.0436. The summed E-state index contributed by atoms with van der Waals surface area (Å²) in [5.41, 5.74) is 6.94. The van der Waals surface area contributed by atoms with Crippen LogP contribution in [0.4, 0.5) is 10.5 Å². The molecule has 2 amide bonds. The minimum atomic E-state index is -0.103. The van der Waals surface area contributed by atoms with Crippen molar-refractivity contribution in [2.75, 3.05) is 18.4 Å². The average molecular weight is 231 g/mol. The van der Waals surface area contributed by atoms with E-state index in [0.717, 1.165) is 5.69 Å². The van der Waals surface area contributed by atoms with Gasteiger partial charge in [-0.15, -0.1) is 0 Å². The number of anilines is 1. The van der Waals surface area contributed by atoms with E-state index in [9.17, 15) is 4.79 Å². The normalized spacial score (nSPS) is 21.8. The van der Waals surface area contributed by atoms with E-state index in [2.05, 4.69) is 5.32 Å². The van der Waals surface area contributed by atoms with E-state index in [1.165, 1.54) is 12.8 Å².